The van der Waals surface area contributed by atoms with Gasteiger partial charge in [0.2, 0.25) is 0 Å². The number of nitrogens with zero attached hydrogens (tertiary/aromatic N) is 5. The van der Waals surface area contributed by atoms with Crippen molar-refractivity contribution in [1.29, 1.82) is 0 Å². The monoisotopic (exact) mass is 585 g/mol. The van der Waals surface area contributed by atoms with Crippen molar-refractivity contribution in [3.63, 3.8) is 0 Å². The number of piperidine rings is 1. The number of nitro benzene ring substituents is 1. The fourth-order valence-corrected chi connectivity index (χ4v) is 5.69. The van der Waals surface area contributed by atoms with Gasteiger partial charge in [0, 0.05) is 49.0 Å². The summed E-state index contributed by atoms with van der Waals surface area (Å²) >= 11 is 3.33. The number of fused-ring (bicyclic) bond motifs is 1. The van der Waals surface area contributed by atoms with Gasteiger partial charge in [0.15, 0.2) is 0 Å². The molecule has 2 saturated heterocycles. The molecule has 0 radical (unpaired) electrons. The number of pyridine rings is 1. The Morgan fingerprint density at radius 2 is 1.87 bits per heavy atom. The van der Waals surface area contributed by atoms with Gasteiger partial charge < -0.3 is 24.8 Å². The molecule has 0 saturated carbocycles. The topological polar surface area (TPSA) is 147 Å². The van der Waals surface area contributed by atoms with Gasteiger partial charge in [-0.1, -0.05) is 15.9 Å². The molecule has 0 aliphatic carbocycles. The van der Waals surface area contributed by atoms with Crippen LogP contribution in [0, 0.1) is 10.1 Å². The second kappa shape index (κ2) is 10.7. The van der Waals surface area contributed by atoms with Crippen LogP contribution >= 0.6 is 15.9 Å². The molecule has 2 aromatic heterocycles. The number of nitrogens with one attached hydrogen (secondary N) is 2. The van der Waals surface area contributed by atoms with Gasteiger partial charge in [0.1, 0.15) is 11.2 Å². The van der Waals surface area contributed by atoms with Crippen molar-refractivity contribution in [3.05, 3.63) is 56.6 Å². The predicted molar refractivity (Wildman–Crippen MR) is 143 cm³/mol. The number of halogens is 1. The number of carbonyl (C=O) groups is 2. The van der Waals surface area contributed by atoms with Crippen LogP contribution in [0.4, 0.5) is 11.4 Å². The van der Waals surface area contributed by atoms with Crippen molar-refractivity contribution in [1.82, 2.24) is 24.8 Å². The van der Waals surface area contributed by atoms with Crippen LogP contribution in [-0.4, -0.2) is 85.9 Å². The molecule has 0 unspecified atom stereocenters. The molecule has 5 rings (SSSR count). The molecule has 38 heavy (non-hydrogen) atoms. The number of hydrogen-bond acceptors (Lipinski definition) is 8. The van der Waals surface area contributed by atoms with E-state index in [4.69, 9.17) is 4.74 Å². The first kappa shape index (κ1) is 26.0. The summed E-state index contributed by atoms with van der Waals surface area (Å²) in [4.78, 5) is 53.3. The minimum Gasteiger partial charge on any atom is -0.374 e. The molecule has 2 amide bonds. The van der Waals surface area contributed by atoms with E-state index in [-0.39, 0.29) is 47.0 Å². The molecular weight excluding hydrogens is 558 g/mol. The van der Waals surface area contributed by atoms with E-state index < -0.39 is 4.92 Å². The molecule has 2 aliphatic heterocycles. The Bertz CT molecular complexity index is 1390. The van der Waals surface area contributed by atoms with E-state index in [1.165, 1.54) is 18.6 Å². The number of benzene rings is 1. The zero-order chi connectivity index (χ0) is 27.0. The summed E-state index contributed by atoms with van der Waals surface area (Å²) in [5.41, 5.74) is 1.77. The SMILES string of the molecule is C[C@@H]1CN(C(=O)c2cc(Br)cc([N+](=O)[O-])c2N[C@@H]2CCCN(C(=O)c3cncc4[nH]cnc34)C2)C[C@H](C)O1. The maximum Gasteiger partial charge on any atom is 0.294 e. The fraction of sp³-hybridized carbons (Fsp3) is 0.440. The van der Waals surface area contributed by atoms with Crippen molar-refractivity contribution >= 4 is 50.2 Å². The Balaban J connectivity index is 1.42. The minimum atomic E-state index is -0.496. The number of nitro groups is 1. The van der Waals surface area contributed by atoms with Gasteiger partial charge in [-0.05, 0) is 32.8 Å². The summed E-state index contributed by atoms with van der Waals surface area (Å²) < 4.78 is 6.19. The van der Waals surface area contributed by atoms with E-state index in [0.717, 1.165) is 0 Å². The largest absolute Gasteiger partial charge is 0.374 e. The lowest BCUT2D eigenvalue weighted by atomic mass is 10.0. The Labute approximate surface area is 227 Å². The molecule has 12 nitrogen and oxygen atoms in total. The fourth-order valence-electron chi connectivity index (χ4n) is 5.25. The number of likely N-dealkylation sites (tertiary alicyclic amines) is 1. The highest BCUT2D eigenvalue weighted by Gasteiger charge is 2.33. The highest BCUT2D eigenvalue weighted by Crippen LogP contribution is 2.35. The number of aromatic amines is 1. The van der Waals surface area contributed by atoms with Crippen molar-refractivity contribution < 1.29 is 19.2 Å². The van der Waals surface area contributed by atoms with E-state index in [9.17, 15) is 19.7 Å². The van der Waals surface area contributed by atoms with Crippen molar-refractivity contribution in [2.75, 3.05) is 31.5 Å². The molecule has 4 heterocycles. The summed E-state index contributed by atoms with van der Waals surface area (Å²) in [6, 6.07) is 2.70. The summed E-state index contributed by atoms with van der Waals surface area (Å²) in [5.74, 6) is -0.515. The van der Waals surface area contributed by atoms with Gasteiger partial charge in [-0.15, -0.1) is 0 Å². The van der Waals surface area contributed by atoms with Crippen LogP contribution in [0.15, 0.2) is 35.3 Å². The number of H-pyrrole nitrogens is 1. The zero-order valence-electron chi connectivity index (χ0n) is 21.0. The molecule has 1 aromatic carbocycles. The lowest BCUT2D eigenvalue weighted by Gasteiger charge is -2.36. The predicted octanol–water partition coefficient (Wildman–Crippen LogP) is 3.59. The first-order chi connectivity index (χ1) is 18.2. The van der Waals surface area contributed by atoms with Crippen molar-refractivity contribution in [3.8, 4) is 0 Å². The summed E-state index contributed by atoms with van der Waals surface area (Å²) in [5, 5.41) is 15.3. The smallest absolute Gasteiger partial charge is 0.294 e. The second-order valence-electron chi connectivity index (χ2n) is 9.79. The molecule has 13 heteroatoms. The number of amides is 2. The van der Waals surface area contributed by atoms with Crippen LogP contribution in [0.2, 0.25) is 0 Å². The van der Waals surface area contributed by atoms with E-state index in [2.05, 4.69) is 36.2 Å². The average molecular weight is 586 g/mol. The number of morpholine rings is 1. The van der Waals surface area contributed by atoms with Crippen LogP contribution < -0.4 is 5.32 Å². The molecule has 3 atom stereocenters. The third-order valence-corrected chi connectivity index (χ3v) is 7.29. The normalized spacial score (nSPS) is 21.9. The molecular formula is C25H28BrN7O5. The highest BCUT2D eigenvalue weighted by atomic mass is 79.9. The summed E-state index contributed by atoms with van der Waals surface area (Å²) in [6.07, 6.45) is 5.72. The maximum atomic E-state index is 13.6. The molecule has 200 valence electrons. The third kappa shape index (κ3) is 5.20. The van der Waals surface area contributed by atoms with Gasteiger partial charge in [0.05, 0.1) is 46.3 Å². The molecule has 2 fully saturated rings. The van der Waals surface area contributed by atoms with Gasteiger partial charge in [0.25, 0.3) is 17.5 Å². The van der Waals surface area contributed by atoms with Crippen LogP contribution in [0.1, 0.15) is 47.4 Å². The summed E-state index contributed by atoms with van der Waals surface area (Å²) in [6.45, 7) is 5.42. The Morgan fingerprint density at radius 3 is 2.61 bits per heavy atom. The van der Waals surface area contributed by atoms with Crippen LogP contribution in [-0.2, 0) is 4.74 Å². The second-order valence-corrected chi connectivity index (χ2v) is 10.7. The number of rotatable bonds is 5. The molecule has 3 aromatic rings. The Morgan fingerprint density at radius 1 is 1.13 bits per heavy atom. The zero-order valence-corrected chi connectivity index (χ0v) is 22.6. The first-order valence-electron chi connectivity index (χ1n) is 12.5. The quantitative estimate of drug-likeness (QED) is 0.341. The average Bonchev–Trinajstić information content (AvgIpc) is 3.37. The van der Waals surface area contributed by atoms with Crippen LogP contribution in [0.5, 0.6) is 0 Å². The number of anilines is 1. The minimum absolute atomic E-state index is 0.146. The van der Waals surface area contributed by atoms with E-state index >= 15 is 0 Å². The highest BCUT2D eigenvalue weighted by molar-refractivity contribution is 9.10. The Hall–Kier alpha value is -3.58. The number of ether oxygens (including phenoxy) is 1. The third-order valence-electron chi connectivity index (χ3n) is 6.83. The van der Waals surface area contributed by atoms with Gasteiger partial charge >= 0.3 is 0 Å². The van der Waals surface area contributed by atoms with Crippen LogP contribution in [0.3, 0.4) is 0 Å². The molecule has 0 bridgehead atoms. The standard InChI is InChI=1S/C25H28BrN7O5/c1-14-10-32(11-15(2)38-14)24(34)18-6-16(26)7-21(33(36)37)23(18)30-17-4-3-5-31(12-17)25(35)19-8-27-9-20-22(19)29-13-28-20/h6-9,13-15,17,30H,3-5,10-12H2,1-2H3,(H,28,29)/t14-,15+,17-/m1/s1. The number of imidazole rings is 1. The van der Waals surface area contributed by atoms with Crippen molar-refractivity contribution in [2.45, 2.75) is 44.9 Å². The van der Waals surface area contributed by atoms with E-state index in [1.807, 2.05) is 13.8 Å². The van der Waals surface area contributed by atoms with Gasteiger partial charge in [-0.2, -0.15) is 0 Å². The van der Waals surface area contributed by atoms with Crippen molar-refractivity contribution in [2.24, 2.45) is 0 Å². The lowest BCUT2D eigenvalue weighted by Crippen LogP contribution is -2.48. The van der Waals surface area contributed by atoms with E-state index in [0.29, 0.717) is 60.1 Å². The Kier molecular flexibility index (Phi) is 7.30. The van der Waals surface area contributed by atoms with E-state index in [1.54, 1.807) is 22.1 Å². The summed E-state index contributed by atoms with van der Waals surface area (Å²) in [7, 11) is 0. The van der Waals surface area contributed by atoms with Gasteiger partial charge in [-0.25, -0.2) is 4.98 Å². The molecule has 2 N–H and O–H groups in total. The van der Waals surface area contributed by atoms with Crippen LogP contribution in [0.25, 0.3) is 11.0 Å². The first-order valence-corrected chi connectivity index (χ1v) is 13.3. The number of hydrogen-bond donors (Lipinski definition) is 2. The maximum absolute atomic E-state index is 13.6. The molecule has 2 aliphatic rings. The van der Waals surface area contributed by atoms with Gasteiger partial charge in [-0.3, -0.25) is 24.7 Å². The number of carbonyl (C=O) groups excluding carboxylic acids is 2. The lowest BCUT2D eigenvalue weighted by molar-refractivity contribution is -0.384. The number of aromatic nitrogens is 3. The molecule has 0 spiro atoms.